The third-order valence-corrected chi connectivity index (χ3v) is 9.73. The Kier molecular flexibility index (Phi) is 9.11. The van der Waals surface area contributed by atoms with Crippen molar-refractivity contribution in [2.75, 3.05) is 24.3 Å². The summed E-state index contributed by atoms with van der Waals surface area (Å²) >= 11 is 3.57. The van der Waals surface area contributed by atoms with E-state index in [1.165, 1.54) is 18.5 Å². The molecule has 11 heteroatoms. The minimum absolute atomic E-state index is 0.0304. The number of sulfone groups is 1. The number of benzene rings is 4. The maximum absolute atomic E-state index is 13.5. The maximum Gasteiger partial charge on any atom is 0.180 e. The Hall–Kier alpha value is -4.32. The van der Waals surface area contributed by atoms with Gasteiger partial charge in [-0.25, -0.2) is 22.8 Å². The quantitative estimate of drug-likeness (QED) is 0.135. The molecule has 0 fully saturated rings. The number of anilines is 2. The Morgan fingerprint density at radius 3 is 2.62 bits per heavy atom. The highest BCUT2D eigenvalue weighted by Crippen LogP contribution is 2.38. The van der Waals surface area contributed by atoms with Gasteiger partial charge >= 0.3 is 0 Å². The first-order valence-electron chi connectivity index (χ1n) is 14.2. The summed E-state index contributed by atoms with van der Waals surface area (Å²) in [4.78, 5) is 9.21. The monoisotopic (exact) mass is 689 g/mol. The molecule has 6 rings (SSSR count). The molecule has 0 saturated carbocycles. The molecular formula is C34H29BrFN3O5S. The summed E-state index contributed by atoms with van der Waals surface area (Å²) < 4.78 is 57.5. The molecule has 230 valence electrons. The molecule has 1 unspecified atom stereocenters. The van der Waals surface area contributed by atoms with E-state index in [0.29, 0.717) is 18.0 Å². The van der Waals surface area contributed by atoms with Crippen molar-refractivity contribution in [2.24, 2.45) is 0 Å². The second-order valence-corrected chi connectivity index (χ2v) is 13.5. The number of ether oxygens (including phenoxy) is 3. The van der Waals surface area contributed by atoms with E-state index in [1.54, 1.807) is 48.7 Å². The van der Waals surface area contributed by atoms with Crippen molar-refractivity contribution in [3.63, 3.8) is 0 Å². The molecule has 0 spiro atoms. The van der Waals surface area contributed by atoms with Crippen LogP contribution >= 0.6 is 15.9 Å². The first-order chi connectivity index (χ1) is 21.8. The van der Waals surface area contributed by atoms with Crippen LogP contribution in [0.25, 0.3) is 10.9 Å². The Labute approximate surface area is 268 Å². The molecule has 4 aromatic carbocycles. The average molecular weight is 691 g/mol. The third-order valence-electron chi connectivity index (χ3n) is 7.41. The van der Waals surface area contributed by atoms with E-state index in [0.717, 1.165) is 32.2 Å². The fourth-order valence-electron chi connectivity index (χ4n) is 5.04. The zero-order valence-electron chi connectivity index (χ0n) is 24.0. The standard InChI is InChI=1S/C34H29BrFN3O5S/c35-30-20-27(11-13-32(30)43-21-24-6-4-7-26(36)18-24)39-33-29-19-25(10-12-31(29)37-23-38-33)34(14-5-15-44-34)22-42-16-17-45(40,41)28-8-2-1-3-9-28/h1-13,15,18-20,23H,14,16-17,21-22H2,(H,37,38,39). The van der Waals surface area contributed by atoms with Gasteiger partial charge in [0.1, 0.15) is 30.3 Å². The van der Waals surface area contributed by atoms with Gasteiger partial charge in [-0.3, -0.25) is 0 Å². The summed E-state index contributed by atoms with van der Waals surface area (Å²) in [5.41, 5.74) is 2.27. The number of hydrogen-bond donors (Lipinski definition) is 1. The highest BCUT2D eigenvalue weighted by molar-refractivity contribution is 9.10. The maximum atomic E-state index is 13.5. The SMILES string of the molecule is O=S(=O)(CCOCC1(c2ccc3ncnc(Nc4ccc(OCc5cccc(F)c5)c(Br)c4)c3c2)CC=CO1)c1ccccc1. The molecule has 0 bridgehead atoms. The molecule has 8 nitrogen and oxygen atoms in total. The minimum Gasteiger partial charge on any atom is -0.488 e. The summed E-state index contributed by atoms with van der Waals surface area (Å²) in [5, 5.41) is 4.15. The molecule has 5 aromatic rings. The van der Waals surface area contributed by atoms with Gasteiger partial charge in [0, 0.05) is 17.5 Å². The van der Waals surface area contributed by atoms with E-state index in [4.69, 9.17) is 14.2 Å². The molecule has 0 saturated heterocycles. The second kappa shape index (κ2) is 13.4. The summed E-state index contributed by atoms with van der Waals surface area (Å²) in [6.07, 6.45) is 5.62. The van der Waals surface area contributed by atoms with Crippen LogP contribution < -0.4 is 10.1 Å². The third kappa shape index (κ3) is 7.16. The van der Waals surface area contributed by atoms with Gasteiger partial charge in [0.25, 0.3) is 0 Å². The Morgan fingerprint density at radius 1 is 0.978 bits per heavy atom. The molecular weight excluding hydrogens is 661 g/mol. The van der Waals surface area contributed by atoms with Crippen LogP contribution in [0.2, 0.25) is 0 Å². The van der Waals surface area contributed by atoms with Crippen molar-refractivity contribution >= 4 is 48.2 Å². The highest BCUT2D eigenvalue weighted by Gasteiger charge is 2.36. The molecule has 0 radical (unpaired) electrons. The number of rotatable bonds is 12. The van der Waals surface area contributed by atoms with Gasteiger partial charge in [0.15, 0.2) is 15.4 Å². The van der Waals surface area contributed by atoms with Gasteiger partial charge in [0.2, 0.25) is 0 Å². The topological polar surface area (TPSA) is 99.6 Å². The van der Waals surface area contributed by atoms with Crippen LogP contribution in [-0.4, -0.2) is 37.4 Å². The minimum atomic E-state index is -3.46. The Morgan fingerprint density at radius 2 is 1.84 bits per heavy atom. The van der Waals surface area contributed by atoms with Crippen molar-refractivity contribution in [1.82, 2.24) is 9.97 Å². The fraction of sp³-hybridized carbons (Fsp3) is 0.176. The molecule has 1 N–H and O–H groups in total. The number of nitrogens with zero attached hydrogens (tertiary/aromatic N) is 2. The van der Waals surface area contributed by atoms with Crippen LogP contribution in [0.4, 0.5) is 15.9 Å². The summed E-state index contributed by atoms with van der Waals surface area (Å²) in [6.45, 7) is 0.423. The van der Waals surface area contributed by atoms with E-state index >= 15 is 0 Å². The van der Waals surface area contributed by atoms with Gasteiger partial charge in [-0.05, 0) is 87.7 Å². The number of halogens is 2. The average Bonchev–Trinajstić information content (AvgIpc) is 3.53. The molecule has 2 heterocycles. The molecule has 0 amide bonds. The van der Waals surface area contributed by atoms with Gasteiger partial charge in [-0.1, -0.05) is 36.4 Å². The van der Waals surface area contributed by atoms with Gasteiger partial charge in [-0.15, -0.1) is 0 Å². The van der Waals surface area contributed by atoms with E-state index in [-0.39, 0.29) is 36.3 Å². The Bertz CT molecular complexity index is 1950. The molecule has 1 aromatic heterocycles. The predicted molar refractivity (Wildman–Crippen MR) is 174 cm³/mol. The molecule has 1 aliphatic heterocycles. The van der Waals surface area contributed by atoms with Crippen molar-refractivity contribution in [2.45, 2.75) is 23.5 Å². The van der Waals surface area contributed by atoms with E-state index in [9.17, 15) is 12.8 Å². The lowest BCUT2D eigenvalue weighted by Gasteiger charge is -2.29. The lowest BCUT2D eigenvalue weighted by Crippen LogP contribution is -2.32. The largest absolute Gasteiger partial charge is 0.488 e. The molecule has 1 atom stereocenters. The normalized spacial score (nSPS) is 16.0. The van der Waals surface area contributed by atoms with Gasteiger partial charge < -0.3 is 19.5 Å². The van der Waals surface area contributed by atoms with Crippen molar-refractivity contribution in [1.29, 1.82) is 0 Å². The zero-order valence-corrected chi connectivity index (χ0v) is 26.4. The first kappa shape index (κ1) is 30.7. The summed E-state index contributed by atoms with van der Waals surface area (Å²) in [5.74, 6) is 0.769. The highest BCUT2D eigenvalue weighted by atomic mass is 79.9. The van der Waals surface area contributed by atoms with Crippen LogP contribution in [0.1, 0.15) is 17.5 Å². The molecule has 0 aliphatic carbocycles. The molecule has 1 aliphatic rings. The van der Waals surface area contributed by atoms with Crippen LogP contribution in [0.5, 0.6) is 5.75 Å². The van der Waals surface area contributed by atoms with Crippen LogP contribution in [0.3, 0.4) is 0 Å². The number of nitrogens with one attached hydrogen (secondary N) is 1. The lowest BCUT2D eigenvalue weighted by atomic mass is 9.91. The van der Waals surface area contributed by atoms with Crippen molar-refractivity contribution < 1.29 is 27.0 Å². The second-order valence-electron chi connectivity index (χ2n) is 10.5. The van der Waals surface area contributed by atoms with E-state index in [2.05, 4.69) is 31.2 Å². The van der Waals surface area contributed by atoms with Crippen molar-refractivity contribution in [3.8, 4) is 5.75 Å². The summed E-state index contributed by atoms with van der Waals surface area (Å²) in [7, 11) is -3.46. The van der Waals surface area contributed by atoms with E-state index in [1.807, 2.05) is 42.5 Å². The lowest BCUT2D eigenvalue weighted by molar-refractivity contribution is -0.0418. The number of hydrogen-bond acceptors (Lipinski definition) is 8. The first-order valence-corrected chi connectivity index (χ1v) is 16.6. The number of fused-ring (bicyclic) bond motifs is 1. The summed E-state index contributed by atoms with van der Waals surface area (Å²) in [6, 6.07) is 26.0. The van der Waals surface area contributed by atoms with Crippen molar-refractivity contribution in [3.05, 3.63) is 131 Å². The van der Waals surface area contributed by atoms with E-state index < -0.39 is 15.4 Å². The van der Waals surface area contributed by atoms with Crippen LogP contribution in [0.15, 0.2) is 119 Å². The zero-order chi connectivity index (χ0) is 31.3. The predicted octanol–water partition coefficient (Wildman–Crippen LogP) is 7.47. The number of aromatic nitrogens is 2. The molecule has 45 heavy (non-hydrogen) atoms. The smallest absolute Gasteiger partial charge is 0.180 e. The fourth-order valence-corrected chi connectivity index (χ4v) is 6.68. The van der Waals surface area contributed by atoms with Gasteiger partial charge in [-0.2, -0.15) is 0 Å². The van der Waals surface area contributed by atoms with Crippen LogP contribution in [-0.2, 0) is 31.5 Å². The van der Waals surface area contributed by atoms with Crippen LogP contribution in [0, 0.1) is 5.82 Å². The Balaban J connectivity index is 1.17. The van der Waals surface area contributed by atoms with Gasteiger partial charge in [0.05, 0.1) is 40.1 Å².